The molecule has 1 aliphatic heterocycles. The minimum atomic E-state index is -3.91. The first kappa shape index (κ1) is 22.5. The Morgan fingerprint density at radius 2 is 1.77 bits per heavy atom. The summed E-state index contributed by atoms with van der Waals surface area (Å²) < 4.78 is 46.3. The van der Waals surface area contributed by atoms with Crippen molar-refractivity contribution in [2.45, 2.75) is 42.4 Å². The van der Waals surface area contributed by atoms with Gasteiger partial charge in [-0.15, -0.1) is 0 Å². The first-order valence-electron chi connectivity index (χ1n) is 9.50. The van der Waals surface area contributed by atoms with Crippen LogP contribution in [0.15, 0.2) is 47.4 Å². The number of carbonyl (C=O) groups is 1. The van der Waals surface area contributed by atoms with E-state index in [0.29, 0.717) is 5.02 Å². The zero-order valence-electron chi connectivity index (χ0n) is 16.6. The lowest BCUT2D eigenvalue weighted by molar-refractivity contribution is 0.0739. The van der Waals surface area contributed by atoms with Crippen molar-refractivity contribution < 1.29 is 27.4 Å². The lowest BCUT2D eigenvalue weighted by atomic mass is 9.90. The van der Waals surface area contributed by atoms with Crippen molar-refractivity contribution in [2.75, 3.05) is 18.1 Å². The topological polar surface area (TPSA) is 83.9 Å². The molecule has 1 saturated heterocycles. The summed E-state index contributed by atoms with van der Waals surface area (Å²) in [4.78, 5) is 12.5. The summed E-state index contributed by atoms with van der Waals surface area (Å²) in [6.07, 6.45) is -0.973. The Kier molecular flexibility index (Phi) is 6.40. The molecule has 0 aromatic heterocycles. The van der Waals surface area contributed by atoms with Gasteiger partial charge in [-0.2, -0.15) is 0 Å². The molecule has 9 heteroatoms. The van der Waals surface area contributed by atoms with E-state index in [1.807, 2.05) is 0 Å². The van der Waals surface area contributed by atoms with E-state index in [4.69, 9.17) is 16.3 Å². The number of ether oxygens (including phenoxy) is 1. The van der Waals surface area contributed by atoms with Gasteiger partial charge in [-0.1, -0.05) is 17.7 Å². The predicted molar refractivity (Wildman–Crippen MR) is 112 cm³/mol. The number of anilines is 1. The number of hydrogen-bond acceptors (Lipinski definition) is 4. The van der Waals surface area contributed by atoms with Crippen molar-refractivity contribution in [3.8, 4) is 0 Å². The Hall–Kier alpha value is -2.16. The highest BCUT2D eigenvalue weighted by Gasteiger charge is 2.47. The van der Waals surface area contributed by atoms with Crippen molar-refractivity contribution in [3.63, 3.8) is 0 Å². The van der Waals surface area contributed by atoms with E-state index in [-0.39, 0.29) is 42.2 Å². The van der Waals surface area contributed by atoms with Crippen LogP contribution in [0.4, 0.5) is 14.9 Å². The molecule has 30 heavy (non-hydrogen) atoms. The lowest BCUT2D eigenvalue weighted by Crippen LogP contribution is -2.42. The van der Waals surface area contributed by atoms with Gasteiger partial charge in [0.15, 0.2) is 9.84 Å². The Labute approximate surface area is 180 Å². The maximum atomic E-state index is 15.0. The number of carboxylic acid groups (broad SMARTS) is 1. The maximum Gasteiger partial charge on any atom is 0.412 e. The van der Waals surface area contributed by atoms with Crippen molar-refractivity contribution in [3.05, 3.63) is 58.9 Å². The number of sulfone groups is 1. The summed E-state index contributed by atoms with van der Waals surface area (Å²) in [5.41, 5.74) is 0.156. The predicted octanol–water partition coefficient (Wildman–Crippen LogP) is 4.85. The molecule has 1 aliphatic rings. The summed E-state index contributed by atoms with van der Waals surface area (Å²) in [5.74, 6) is -0.791. The molecule has 0 bridgehead atoms. The van der Waals surface area contributed by atoms with Gasteiger partial charge in [-0.25, -0.2) is 17.6 Å². The quantitative estimate of drug-likeness (QED) is 0.696. The molecule has 0 unspecified atom stereocenters. The fourth-order valence-corrected chi connectivity index (χ4v) is 6.05. The van der Waals surface area contributed by atoms with E-state index < -0.39 is 32.5 Å². The van der Waals surface area contributed by atoms with Crippen LogP contribution in [0.3, 0.4) is 0 Å². The number of nitrogens with zero attached hydrogens (tertiary/aromatic N) is 1. The van der Waals surface area contributed by atoms with Crippen molar-refractivity contribution in [1.82, 2.24) is 0 Å². The van der Waals surface area contributed by atoms with Crippen LogP contribution in [0, 0.1) is 5.82 Å². The van der Waals surface area contributed by atoms with Crippen LogP contribution in [0.5, 0.6) is 0 Å². The van der Waals surface area contributed by atoms with Gasteiger partial charge in [0, 0.05) is 24.3 Å². The number of hydrogen-bond donors (Lipinski definition) is 1. The van der Waals surface area contributed by atoms with Gasteiger partial charge in [-0.05, 0) is 68.7 Å². The fraction of sp³-hybridized carbons (Fsp3) is 0.381. The highest BCUT2D eigenvalue weighted by atomic mass is 35.5. The Morgan fingerprint density at radius 1 is 1.17 bits per heavy atom. The van der Waals surface area contributed by atoms with Gasteiger partial charge in [0.25, 0.3) is 0 Å². The van der Waals surface area contributed by atoms with Gasteiger partial charge in [0.1, 0.15) is 10.6 Å². The van der Waals surface area contributed by atoms with Crippen LogP contribution in [-0.2, 0) is 19.3 Å². The maximum absolute atomic E-state index is 15.0. The third kappa shape index (κ3) is 3.91. The summed E-state index contributed by atoms with van der Waals surface area (Å²) in [6, 6.07) is 9.33. The fourth-order valence-electron chi connectivity index (χ4n) is 3.84. The first-order chi connectivity index (χ1) is 14.1. The molecule has 1 heterocycles. The van der Waals surface area contributed by atoms with E-state index >= 15 is 4.39 Å². The second kappa shape index (κ2) is 8.53. The van der Waals surface area contributed by atoms with Gasteiger partial charge >= 0.3 is 6.09 Å². The van der Waals surface area contributed by atoms with Crippen LogP contribution >= 0.6 is 11.6 Å². The van der Waals surface area contributed by atoms with Gasteiger partial charge < -0.3 is 9.84 Å². The molecule has 0 aliphatic carbocycles. The van der Waals surface area contributed by atoms with Crippen LogP contribution in [0.1, 0.15) is 32.3 Å². The Morgan fingerprint density at radius 3 is 2.27 bits per heavy atom. The van der Waals surface area contributed by atoms with Gasteiger partial charge in [-0.3, -0.25) is 4.90 Å². The molecule has 162 valence electrons. The number of amides is 1. The number of benzene rings is 2. The minimum absolute atomic E-state index is 0.0904. The monoisotopic (exact) mass is 455 g/mol. The zero-order chi connectivity index (χ0) is 22.1. The molecule has 0 saturated carbocycles. The smallest absolute Gasteiger partial charge is 0.412 e. The molecular formula is C21H23ClFNO5S. The minimum Gasteiger partial charge on any atom is -0.465 e. The summed E-state index contributed by atoms with van der Waals surface area (Å²) in [7, 11) is -3.91. The Bertz CT molecular complexity index is 1030. The van der Waals surface area contributed by atoms with Crippen molar-refractivity contribution >= 4 is 33.2 Å². The zero-order valence-corrected chi connectivity index (χ0v) is 18.2. The van der Waals surface area contributed by atoms with Gasteiger partial charge in [0.05, 0.1) is 10.6 Å². The third-order valence-electron chi connectivity index (χ3n) is 5.39. The van der Waals surface area contributed by atoms with Crippen molar-refractivity contribution in [1.29, 1.82) is 0 Å². The molecule has 6 nitrogen and oxygen atoms in total. The molecule has 1 fully saturated rings. The average molecular weight is 456 g/mol. The molecule has 3 rings (SSSR count). The third-order valence-corrected chi connectivity index (χ3v) is 8.21. The lowest BCUT2D eigenvalue weighted by Gasteiger charge is -2.37. The molecule has 0 radical (unpaired) electrons. The van der Waals surface area contributed by atoms with Crippen LogP contribution < -0.4 is 4.90 Å². The van der Waals surface area contributed by atoms with E-state index in [2.05, 4.69) is 0 Å². The highest BCUT2D eigenvalue weighted by Crippen LogP contribution is 2.44. The highest BCUT2D eigenvalue weighted by molar-refractivity contribution is 7.92. The SMILES string of the molecule is CC(C)N(C(=O)O)c1ccc(C2(S(=O)(=O)c3ccc(Cl)cc3)CCOCC2)cc1F. The van der Waals surface area contributed by atoms with E-state index in [0.717, 1.165) is 11.0 Å². The normalized spacial score (nSPS) is 16.4. The molecule has 0 atom stereocenters. The van der Waals surface area contributed by atoms with Gasteiger partial charge in [0.2, 0.25) is 0 Å². The molecular weight excluding hydrogens is 433 g/mol. The molecule has 2 aromatic carbocycles. The summed E-state index contributed by atoms with van der Waals surface area (Å²) in [6.45, 7) is 3.69. The summed E-state index contributed by atoms with van der Waals surface area (Å²) >= 11 is 5.90. The van der Waals surface area contributed by atoms with Crippen LogP contribution in [0.25, 0.3) is 0 Å². The average Bonchev–Trinajstić information content (AvgIpc) is 2.69. The first-order valence-corrected chi connectivity index (χ1v) is 11.4. The van der Waals surface area contributed by atoms with E-state index in [1.54, 1.807) is 13.8 Å². The molecule has 1 N–H and O–H groups in total. The molecule has 2 aromatic rings. The van der Waals surface area contributed by atoms with Crippen LogP contribution in [0.2, 0.25) is 5.02 Å². The summed E-state index contributed by atoms with van der Waals surface area (Å²) in [5, 5.41) is 9.84. The molecule has 1 amide bonds. The Balaban J connectivity index is 2.14. The van der Waals surface area contributed by atoms with Crippen LogP contribution in [-0.4, -0.2) is 38.9 Å². The second-order valence-corrected chi connectivity index (χ2v) is 10.2. The number of halogens is 2. The molecule has 0 spiro atoms. The van der Waals surface area contributed by atoms with E-state index in [1.165, 1.54) is 36.4 Å². The standard InChI is InChI=1S/C21H23ClFNO5S/c1-14(2)24(20(25)26)19-8-3-15(13-18(19)23)21(9-11-29-12-10-21)30(27,28)17-6-4-16(22)5-7-17/h3-8,13-14H,9-12H2,1-2H3,(H,25,26). The van der Waals surface area contributed by atoms with Crippen molar-refractivity contribution in [2.24, 2.45) is 0 Å². The van der Waals surface area contributed by atoms with E-state index in [9.17, 15) is 18.3 Å². The second-order valence-electron chi connectivity index (χ2n) is 7.48. The number of rotatable bonds is 5. The largest absolute Gasteiger partial charge is 0.465 e.